The molecule has 0 fully saturated rings. The monoisotopic (exact) mass is 412 g/mol. The number of rotatable bonds is 6. The van der Waals surface area contributed by atoms with Crippen LogP contribution in [0, 0.1) is 6.92 Å². The van der Waals surface area contributed by atoms with Crippen molar-refractivity contribution in [3.05, 3.63) is 76.7 Å². The number of carbonyl (C=O) groups is 1. The Morgan fingerprint density at radius 2 is 2.27 bits per heavy atom. The van der Waals surface area contributed by atoms with Crippen molar-refractivity contribution < 1.29 is 9.53 Å². The third-order valence-electron chi connectivity index (χ3n) is 3.58. The third-order valence-corrected chi connectivity index (χ3v) is 4.05. The molecule has 6 nitrogen and oxygen atoms in total. The van der Waals surface area contributed by atoms with Crippen LogP contribution in [0.25, 0.3) is 5.65 Å². The Labute approximate surface area is 159 Å². The zero-order valence-electron chi connectivity index (χ0n) is 14.1. The molecule has 0 saturated heterocycles. The highest BCUT2D eigenvalue weighted by atomic mass is 79.9. The molecule has 2 aromatic heterocycles. The van der Waals surface area contributed by atoms with Crippen molar-refractivity contribution in [1.82, 2.24) is 14.8 Å². The molecule has 1 aromatic carbocycles. The van der Waals surface area contributed by atoms with Crippen LogP contribution in [0.1, 0.15) is 21.7 Å². The molecule has 26 heavy (non-hydrogen) atoms. The lowest BCUT2D eigenvalue weighted by molar-refractivity contribution is 0.0948. The predicted molar refractivity (Wildman–Crippen MR) is 105 cm³/mol. The van der Waals surface area contributed by atoms with E-state index in [0.717, 1.165) is 10.0 Å². The van der Waals surface area contributed by atoms with Crippen LogP contribution in [-0.2, 0) is 0 Å². The van der Waals surface area contributed by atoms with Crippen LogP contribution < -0.4 is 10.2 Å². The second-order valence-electron chi connectivity index (χ2n) is 5.49. The summed E-state index contributed by atoms with van der Waals surface area (Å²) in [6.07, 6.45) is 5.04. The number of amides is 1. The molecule has 3 rings (SSSR count). The van der Waals surface area contributed by atoms with Gasteiger partial charge >= 0.3 is 0 Å². The van der Waals surface area contributed by atoms with Crippen LogP contribution in [0.15, 0.2) is 64.8 Å². The SMILES string of the molecule is C=CCOc1cccc(/C=N/NC(=O)c2c(C)nc3ccc(Br)cn23)c1. The quantitative estimate of drug-likeness (QED) is 0.381. The number of hydrazone groups is 1. The Balaban J connectivity index is 1.75. The largest absolute Gasteiger partial charge is 0.490 e. The molecule has 0 bridgehead atoms. The van der Waals surface area contributed by atoms with Gasteiger partial charge in [-0.2, -0.15) is 5.10 Å². The summed E-state index contributed by atoms with van der Waals surface area (Å²) in [5.74, 6) is 0.381. The molecule has 0 unspecified atom stereocenters. The lowest BCUT2D eigenvalue weighted by Gasteiger charge is -2.04. The third kappa shape index (κ3) is 4.00. The summed E-state index contributed by atoms with van der Waals surface area (Å²) in [4.78, 5) is 16.9. The van der Waals surface area contributed by atoms with Gasteiger partial charge in [-0.1, -0.05) is 24.8 Å². The number of benzene rings is 1. The lowest BCUT2D eigenvalue weighted by atomic mass is 10.2. The zero-order chi connectivity index (χ0) is 18.5. The lowest BCUT2D eigenvalue weighted by Crippen LogP contribution is -2.20. The van der Waals surface area contributed by atoms with Gasteiger partial charge in [-0.05, 0) is 52.7 Å². The van der Waals surface area contributed by atoms with E-state index < -0.39 is 0 Å². The first-order valence-electron chi connectivity index (χ1n) is 7.90. The molecule has 2 heterocycles. The smallest absolute Gasteiger partial charge is 0.290 e. The minimum Gasteiger partial charge on any atom is -0.490 e. The maximum absolute atomic E-state index is 12.5. The summed E-state index contributed by atoms with van der Waals surface area (Å²) in [7, 11) is 0. The van der Waals surface area contributed by atoms with Crippen LogP contribution >= 0.6 is 15.9 Å². The molecule has 0 aliphatic carbocycles. The van der Waals surface area contributed by atoms with E-state index in [2.05, 4.69) is 38.0 Å². The van der Waals surface area contributed by atoms with Crippen LogP contribution in [0.4, 0.5) is 0 Å². The molecule has 1 N–H and O–H groups in total. The number of carbonyl (C=O) groups excluding carboxylic acids is 1. The van der Waals surface area contributed by atoms with Crippen LogP contribution in [0.5, 0.6) is 5.75 Å². The molecular weight excluding hydrogens is 396 g/mol. The van der Waals surface area contributed by atoms with Gasteiger partial charge < -0.3 is 4.74 Å². The normalized spacial score (nSPS) is 11.0. The number of imidazole rings is 1. The molecule has 0 radical (unpaired) electrons. The average Bonchev–Trinajstić information content (AvgIpc) is 2.95. The number of nitrogens with one attached hydrogen (secondary N) is 1. The fourth-order valence-corrected chi connectivity index (χ4v) is 2.81. The van der Waals surface area contributed by atoms with Crippen molar-refractivity contribution >= 4 is 33.7 Å². The number of aryl methyl sites for hydroxylation is 1. The first kappa shape index (κ1) is 17.9. The fraction of sp³-hybridized carbons (Fsp3) is 0.105. The first-order valence-corrected chi connectivity index (χ1v) is 8.69. The van der Waals surface area contributed by atoms with Gasteiger partial charge in [0.05, 0.1) is 11.9 Å². The van der Waals surface area contributed by atoms with Gasteiger partial charge in [-0.3, -0.25) is 9.20 Å². The summed E-state index contributed by atoms with van der Waals surface area (Å²) in [6.45, 7) is 5.84. The Kier molecular flexibility index (Phi) is 5.48. The number of hydrogen-bond donors (Lipinski definition) is 1. The van der Waals surface area contributed by atoms with Crippen molar-refractivity contribution in [2.45, 2.75) is 6.92 Å². The number of aromatic nitrogens is 2. The molecule has 7 heteroatoms. The molecule has 132 valence electrons. The van der Waals surface area contributed by atoms with E-state index in [1.54, 1.807) is 29.8 Å². The van der Waals surface area contributed by atoms with E-state index in [-0.39, 0.29) is 5.91 Å². The molecule has 0 aliphatic heterocycles. The van der Waals surface area contributed by atoms with E-state index in [1.807, 2.05) is 36.4 Å². The molecule has 0 atom stereocenters. The minimum atomic E-state index is -0.330. The number of halogens is 1. The molecule has 1 amide bonds. The van der Waals surface area contributed by atoms with Gasteiger partial charge in [-0.25, -0.2) is 10.4 Å². The maximum atomic E-state index is 12.5. The van der Waals surface area contributed by atoms with E-state index in [9.17, 15) is 4.79 Å². The van der Waals surface area contributed by atoms with E-state index in [4.69, 9.17) is 4.74 Å². The highest BCUT2D eigenvalue weighted by molar-refractivity contribution is 9.10. The standard InChI is InChI=1S/C19H17BrN4O2/c1-3-9-26-16-6-4-5-14(10-16)11-21-23-19(25)18-13(2)22-17-8-7-15(20)12-24(17)18/h3-8,10-12H,1,9H2,2H3,(H,23,25)/b21-11+. The second kappa shape index (κ2) is 7.97. The number of fused-ring (bicyclic) bond motifs is 1. The number of hydrogen-bond acceptors (Lipinski definition) is 4. The highest BCUT2D eigenvalue weighted by Crippen LogP contribution is 2.17. The molecule has 0 saturated carbocycles. The van der Waals surface area contributed by atoms with Gasteiger partial charge in [0.15, 0.2) is 0 Å². The van der Waals surface area contributed by atoms with Crippen LogP contribution in [-0.4, -0.2) is 28.1 Å². The van der Waals surface area contributed by atoms with Crippen molar-refractivity contribution in [2.24, 2.45) is 5.10 Å². The van der Waals surface area contributed by atoms with Gasteiger partial charge in [0.1, 0.15) is 23.7 Å². The summed E-state index contributed by atoms with van der Waals surface area (Å²) in [5.41, 5.74) is 5.14. The summed E-state index contributed by atoms with van der Waals surface area (Å²) >= 11 is 3.40. The van der Waals surface area contributed by atoms with Gasteiger partial charge in [0.25, 0.3) is 5.91 Å². The van der Waals surface area contributed by atoms with Gasteiger partial charge in [0.2, 0.25) is 0 Å². The number of pyridine rings is 1. The second-order valence-corrected chi connectivity index (χ2v) is 6.41. The Hall–Kier alpha value is -2.93. The maximum Gasteiger partial charge on any atom is 0.290 e. The zero-order valence-corrected chi connectivity index (χ0v) is 15.7. The van der Waals surface area contributed by atoms with Crippen molar-refractivity contribution in [2.75, 3.05) is 6.61 Å². The average molecular weight is 413 g/mol. The summed E-state index contributed by atoms with van der Waals surface area (Å²) in [5, 5.41) is 4.04. The summed E-state index contributed by atoms with van der Waals surface area (Å²) in [6, 6.07) is 11.1. The first-order chi connectivity index (χ1) is 12.6. The Bertz CT molecular complexity index is 994. The number of nitrogens with zero attached hydrogens (tertiary/aromatic N) is 3. The highest BCUT2D eigenvalue weighted by Gasteiger charge is 2.16. The predicted octanol–water partition coefficient (Wildman–Crippen LogP) is 3.73. The fourth-order valence-electron chi connectivity index (χ4n) is 2.47. The molecular formula is C19H17BrN4O2. The van der Waals surface area contributed by atoms with E-state index >= 15 is 0 Å². The Morgan fingerprint density at radius 3 is 3.08 bits per heavy atom. The van der Waals surface area contributed by atoms with Crippen LogP contribution in [0.3, 0.4) is 0 Å². The Morgan fingerprint density at radius 1 is 1.42 bits per heavy atom. The topological polar surface area (TPSA) is 68.0 Å². The van der Waals surface area contributed by atoms with E-state index in [1.165, 1.54) is 0 Å². The molecule has 0 aliphatic rings. The summed E-state index contributed by atoms with van der Waals surface area (Å²) < 4.78 is 8.06. The van der Waals surface area contributed by atoms with Gasteiger partial charge in [-0.15, -0.1) is 0 Å². The number of ether oxygens (including phenoxy) is 1. The molecule has 3 aromatic rings. The van der Waals surface area contributed by atoms with Crippen molar-refractivity contribution in [3.63, 3.8) is 0 Å². The van der Waals surface area contributed by atoms with Crippen molar-refractivity contribution in [3.8, 4) is 5.75 Å². The van der Waals surface area contributed by atoms with E-state index in [0.29, 0.717) is 29.4 Å². The van der Waals surface area contributed by atoms with Crippen molar-refractivity contribution in [1.29, 1.82) is 0 Å². The molecule has 0 spiro atoms. The van der Waals surface area contributed by atoms with Gasteiger partial charge in [0, 0.05) is 10.7 Å². The van der Waals surface area contributed by atoms with Crippen LogP contribution in [0.2, 0.25) is 0 Å². The minimum absolute atomic E-state index is 0.330.